The Morgan fingerprint density at radius 2 is 1.94 bits per heavy atom. The number of aliphatic hydroxyl groups is 1. The number of carbonyl (C=O) groups excluding carboxylic acids is 1. The van der Waals surface area contributed by atoms with Crippen LogP contribution in [0.25, 0.3) is 10.8 Å². The summed E-state index contributed by atoms with van der Waals surface area (Å²) in [4.78, 5) is 11.0. The van der Waals surface area contributed by atoms with E-state index in [1.54, 1.807) is 0 Å². The average Bonchev–Trinajstić information content (AvgIpc) is 2.38. The van der Waals surface area contributed by atoms with E-state index in [1.165, 1.54) is 12.5 Å². The molecule has 0 saturated carbocycles. The first kappa shape index (κ1) is 12.6. The third-order valence-corrected chi connectivity index (χ3v) is 2.92. The molecule has 0 amide bonds. The number of aliphatic hydroxyl groups excluding tert-OH is 1. The molecule has 0 radical (unpaired) electrons. The second-order valence-electron chi connectivity index (χ2n) is 4.32. The number of ether oxygens (including phenoxy) is 1. The Morgan fingerprint density at radius 1 is 1.22 bits per heavy atom. The highest BCUT2D eigenvalue weighted by atomic mass is 16.5. The number of carbonyl (C=O) groups is 1. The summed E-state index contributed by atoms with van der Waals surface area (Å²) in [7, 11) is 1.32. The molecule has 0 fully saturated rings. The molecule has 3 heteroatoms. The molecular weight excluding hydrogens is 228 g/mol. The molecule has 0 bridgehead atoms. The van der Waals surface area contributed by atoms with Crippen LogP contribution in [-0.4, -0.2) is 24.3 Å². The number of rotatable bonds is 4. The van der Waals surface area contributed by atoms with Crippen LogP contribution in [0.2, 0.25) is 0 Å². The van der Waals surface area contributed by atoms with Crippen molar-refractivity contribution in [2.24, 2.45) is 0 Å². The molecule has 2 rings (SSSR count). The first-order chi connectivity index (χ1) is 8.69. The lowest BCUT2D eigenvalue weighted by molar-refractivity contribution is -0.142. The van der Waals surface area contributed by atoms with Crippen molar-refractivity contribution < 1.29 is 14.6 Å². The van der Waals surface area contributed by atoms with Crippen molar-refractivity contribution in [2.75, 3.05) is 7.11 Å². The van der Waals surface area contributed by atoms with Crippen LogP contribution in [0.1, 0.15) is 12.0 Å². The van der Waals surface area contributed by atoms with Crippen molar-refractivity contribution in [3.05, 3.63) is 48.0 Å². The molecule has 2 aromatic rings. The lowest BCUT2D eigenvalue weighted by atomic mass is 10.0. The van der Waals surface area contributed by atoms with E-state index in [9.17, 15) is 9.90 Å². The first-order valence-corrected chi connectivity index (χ1v) is 5.91. The van der Waals surface area contributed by atoms with Gasteiger partial charge in [-0.25, -0.2) is 0 Å². The van der Waals surface area contributed by atoms with Gasteiger partial charge in [-0.3, -0.25) is 4.79 Å². The van der Waals surface area contributed by atoms with Gasteiger partial charge in [0.05, 0.1) is 19.6 Å². The van der Waals surface area contributed by atoms with Gasteiger partial charge in [0, 0.05) is 0 Å². The van der Waals surface area contributed by atoms with Gasteiger partial charge in [-0.2, -0.15) is 0 Å². The van der Waals surface area contributed by atoms with E-state index in [-0.39, 0.29) is 12.4 Å². The minimum Gasteiger partial charge on any atom is -0.469 e. The van der Waals surface area contributed by atoms with Crippen molar-refractivity contribution in [3.63, 3.8) is 0 Å². The fourth-order valence-corrected chi connectivity index (χ4v) is 1.99. The van der Waals surface area contributed by atoms with Crippen LogP contribution in [-0.2, 0) is 16.0 Å². The molecular formula is C15H16O3. The fraction of sp³-hybridized carbons (Fsp3) is 0.267. The highest BCUT2D eigenvalue weighted by Crippen LogP contribution is 2.17. The van der Waals surface area contributed by atoms with E-state index in [2.05, 4.69) is 4.74 Å². The number of hydrogen-bond donors (Lipinski definition) is 1. The average molecular weight is 244 g/mol. The highest BCUT2D eigenvalue weighted by molar-refractivity contribution is 5.83. The SMILES string of the molecule is COC(=O)C[C@@H](O)Cc1ccc2ccccc2c1. The van der Waals surface area contributed by atoms with Crippen molar-refractivity contribution in [1.82, 2.24) is 0 Å². The predicted octanol–water partition coefficient (Wildman–Crippen LogP) is 2.31. The Labute approximate surface area is 106 Å². The van der Waals surface area contributed by atoms with Crippen LogP contribution in [0.3, 0.4) is 0 Å². The van der Waals surface area contributed by atoms with E-state index < -0.39 is 6.10 Å². The van der Waals surface area contributed by atoms with Crippen molar-refractivity contribution in [1.29, 1.82) is 0 Å². The maximum atomic E-state index is 11.0. The highest BCUT2D eigenvalue weighted by Gasteiger charge is 2.11. The van der Waals surface area contributed by atoms with Gasteiger partial charge in [0.15, 0.2) is 0 Å². The molecule has 1 N–H and O–H groups in total. The van der Waals surface area contributed by atoms with Crippen LogP contribution in [0.15, 0.2) is 42.5 Å². The Bertz CT molecular complexity index is 548. The maximum Gasteiger partial charge on any atom is 0.308 e. The largest absolute Gasteiger partial charge is 0.469 e. The van der Waals surface area contributed by atoms with Crippen LogP contribution < -0.4 is 0 Å². The van der Waals surface area contributed by atoms with Crippen LogP contribution in [0.5, 0.6) is 0 Å². The van der Waals surface area contributed by atoms with Crippen molar-refractivity contribution >= 4 is 16.7 Å². The maximum absolute atomic E-state index is 11.0. The molecule has 2 aromatic carbocycles. The molecule has 94 valence electrons. The molecule has 0 heterocycles. The summed E-state index contributed by atoms with van der Waals surface area (Å²) in [5, 5.41) is 12.1. The lowest BCUT2D eigenvalue weighted by Gasteiger charge is -2.09. The summed E-state index contributed by atoms with van der Waals surface area (Å²) < 4.78 is 4.53. The van der Waals surface area contributed by atoms with Crippen LogP contribution >= 0.6 is 0 Å². The molecule has 0 aliphatic carbocycles. The van der Waals surface area contributed by atoms with E-state index in [0.29, 0.717) is 6.42 Å². The van der Waals surface area contributed by atoms with Crippen molar-refractivity contribution in [2.45, 2.75) is 18.9 Å². The molecule has 0 saturated heterocycles. The van der Waals surface area contributed by atoms with Crippen LogP contribution in [0, 0.1) is 0 Å². The minimum absolute atomic E-state index is 0.0311. The Hall–Kier alpha value is -1.87. The minimum atomic E-state index is -0.696. The Balaban J connectivity index is 2.09. The standard InChI is InChI=1S/C15H16O3/c1-18-15(17)10-14(16)9-11-6-7-12-4-2-3-5-13(12)8-11/h2-8,14,16H,9-10H2,1H3/t14-/m0/s1. The summed E-state index contributed by atoms with van der Waals surface area (Å²) in [6.07, 6.45) is -0.206. The van der Waals surface area contributed by atoms with Gasteiger partial charge >= 0.3 is 5.97 Å². The van der Waals surface area contributed by atoms with Gasteiger partial charge in [-0.15, -0.1) is 0 Å². The first-order valence-electron chi connectivity index (χ1n) is 5.91. The zero-order valence-electron chi connectivity index (χ0n) is 10.3. The fourth-order valence-electron chi connectivity index (χ4n) is 1.99. The summed E-state index contributed by atoms with van der Waals surface area (Å²) >= 11 is 0. The van der Waals surface area contributed by atoms with Gasteiger partial charge in [0.25, 0.3) is 0 Å². The van der Waals surface area contributed by atoms with Gasteiger partial charge in [0.2, 0.25) is 0 Å². The number of fused-ring (bicyclic) bond motifs is 1. The lowest BCUT2D eigenvalue weighted by Crippen LogP contribution is -2.17. The summed E-state index contributed by atoms with van der Waals surface area (Å²) in [5.41, 5.74) is 1.02. The monoisotopic (exact) mass is 244 g/mol. The number of benzene rings is 2. The molecule has 3 nitrogen and oxygen atoms in total. The predicted molar refractivity (Wildman–Crippen MR) is 70.3 cm³/mol. The molecule has 0 aliphatic rings. The molecule has 18 heavy (non-hydrogen) atoms. The smallest absolute Gasteiger partial charge is 0.308 e. The van der Waals surface area contributed by atoms with Crippen LogP contribution in [0.4, 0.5) is 0 Å². The van der Waals surface area contributed by atoms with Gasteiger partial charge in [-0.1, -0.05) is 42.5 Å². The second-order valence-corrected chi connectivity index (χ2v) is 4.32. The molecule has 0 aromatic heterocycles. The number of hydrogen-bond acceptors (Lipinski definition) is 3. The zero-order valence-corrected chi connectivity index (χ0v) is 10.3. The molecule has 0 spiro atoms. The summed E-state index contributed by atoms with van der Waals surface area (Å²) in [6.45, 7) is 0. The normalized spacial score (nSPS) is 12.3. The van der Waals surface area contributed by atoms with E-state index in [1.807, 2.05) is 42.5 Å². The Kier molecular flexibility index (Phi) is 3.95. The van der Waals surface area contributed by atoms with Crippen molar-refractivity contribution in [3.8, 4) is 0 Å². The number of methoxy groups -OCH3 is 1. The quantitative estimate of drug-likeness (QED) is 0.839. The molecule has 1 atom stereocenters. The van der Waals surface area contributed by atoms with E-state index in [0.717, 1.165) is 10.9 Å². The molecule has 0 aliphatic heterocycles. The van der Waals surface area contributed by atoms with Gasteiger partial charge in [0.1, 0.15) is 0 Å². The van der Waals surface area contributed by atoms with Gasteiger partial charge < -0.3 is 9.84 Å². The summed E-state index contributed by atoms with van der Waals surface area (Å²) in [6, 6.07) is 14.1. The summed E-state index contributed by atoms with van der Waals surface area (Å²) in [5.74, 6) is -0.386. The van der Waals surface area contributed by atoms with E-state index in [4.69, 9.17) is 0 Å². The van der Waals surface area contributed by atoms with E-state index >= 15 is 0 Å². The Morgan fingerprint density at radius 3 is 2.67 bits per heavy atom. The second kappa shape index (κ2) is 5.65. The number of esters is 1. The third-order valence-electron chi connectivity index (χ3n) is 2.92. The van der Waals surface area contributed by atoms with Gasteiger partial charge in [-0.05, 0) is 22.8 Å². The third kappa shape index (κ3) is 3.08. The molecule has 0 unspecified atom stereocenters. The topological polar surface area (TPSA) is 46.5 Å². The zero-order chi connectivity index (χ0) is 13.0.